The van der Waals surface area contributed by atoms with Gasteiger partial charge >= 0.3 is 0 Å². The van der Waals surface area contributed by atoms with Crippen LogP contribution in [-0.2, 0) is 0 Å². The molecule has 0 radical (unpaired) electrons. The van der Waals surface area contributed by atoms with E-state index in [1.165, 1.54) is 6.20 Å². The van der Waals surface area contributed by atoms with E-state index in [1.807, 2.05) is 0 Å². The Bertz CT molecular complexity index is 474. The maximum Gasteiger partial charge on any atom is 0.252 e. The van der Waals surface area contributed by atoms with E-state index in [1.54, 1.807) is 12.3 Å². The summed E-state index contributed by atoms with van der Waals surface area (Å²) in [5, 5.41) is 0.719. The van der Waals surface area contributed by atoms with Crippen LogP contribution in [0, 0.1) is 0 Å². The molecule has 0 spiro atoms. The van der Waals surface area contributed by atoms with Crippen molar-refractivity contribution in [1.29, 1.82) is 0 Å². The van der Waals surface area contributed by atoms with Gasteiger partial charge in [0.25, 0.3) is 5.91 Å². The molecule has 5 heteroatoms. The second-order valence-electron chi connectivity index (χ2n) is 2.69. The van der Waals surface area contributed by atoms with Crippen LogP contribution in [0.25, 0.3) is 11.0 Å². The molecule has 13 heavy (non-hydrogen) atoms. The van der Waals surface area contributed by atoms with E-state index in [-0.39, 0.29) is 5.56 Å². The number of nitrogens with one attached hydrogen (secondary N) is 1. The zero-order valence-corrected chi connectivity index (χ0v) is 6.74. The van der Waals surface area contributed by atoms with Gasteiger partial charge in [0.05, 0.1) is 11.3 Å². The molecule has 66 valence electrons. The van der Waals surface area contributed by atoms with Gasteiger partial charge in [0.2, 0.25) is 0 Å². The standard InChI is InChI=1S/C8H8N4O/c9-6-4-1-2-11-8(4)12-3-5(6)7(10)13/h1-3H,(H2,10,13)(H3,9,11,12). The Hall–Kier alpha value is -2.04. The molecule has 2 rings (SSSR count). The highest BCUT2D eigenvalue weighted by atomic mass is 16.1. The van der Waals surface area contributed by atoms with Gasteiger partial charge in [-0.1, -0.05) is 0 Å². The van der Waals surface area contributed by atoms with Crippen LogP contribution in [0.1, 0.15) is 10.4 Å². The van der Waals surface area contributed by atoms with Crippen molar-refractivity contribution >= 4 is 22.6 Å². The minimum atomic E-state index is -0.562. The lowest BCUT2D eigenvalue weighted by Crippen LogP contribution is -2.13. The van der Waals surface area contributed by atoms with E-state index in [9.17, 15) is 4.79 Å². The molecule has 2 aromatic rings. The van der Waals surface area contributed by atoms with E-state index in [0.29, 0.717) is 11.3 Å². The number of primary amides is 1. The number of nitrogens with two attached hydrogens (primary N) is 2. The van der Waals surface area contributed by atoms with Gasteiger partial charge in [-0.2, -0.15) is 0 Å². The summed E-state index contributed by atoms with van der Waals surface area (Å²) in [5.74, 6) is -0.562. The van der Waals surface area contributed by atoms with Gasteiger partial charge < -0.3 is 16.5 Å². The van der Waals surface area contributed by atoms with Crippen LogP contribution in [-0.4, -0.2) is 15.9 Å². The molecule has 0 fully saturated rings. The topological polar surface area (TPSA) is 97.8 Å². The third-order valence-electron chi connectivity index (χ3n) is 1.89. The van der Waals surface area contributed by atoms with Crippen LogP contribution in [0.15, 0.2) is 18.5 Å². The number of aromatic nitrogens is 2. The second-order valence-corrected chi connectivity index (χ2v) is 2.69. The molecular weight excluding hydrogens is 168 g/mol. The number of anilines is 1. The molecule has 0 aliphatic rings. The van der Waals surface area contributed by atoms with Crippen LogP contribution in [0.3, 0.4) is 0 Å². The fraction of sp³-hybridized carbons (Fsp3) is 0. The Kier molecular flexibility index (Phi) is 1.45. The lowest BCUT2D eigenvalue weighted by atomic mass is 10.2. The van der Waals surface area contributed by atoms with Crippen molar-refractivity contribution in [2.75, 3.05) is 5.73 Å². The largest absolute Gasteiger partial charge is 0.397 e. The smallest absolute Gasteiger partial charge is 0.252 e. The van der Waals surface area contributed by atoms with Gasteiger partial charge in [0, 0.05) is 17.8 Å². The molecule has 1 amide bonds. The number of nitrogens with zero attached hydrogens (tertiary/aromatic N) is 1. The lowest BCUT2D eigenvalue weighted by Gasteiger charge is -2.00. The summed E-state index contributed by atoms with van der Waals surface area (Å²) in [6, 6.07) is 1.75. The third-order valence-corrected chi connectivity index (χ3v) is 1.89. The lowest BCUT2D eigenvalue weighted by molar-refractivity contribution is 0.100. The number of H-pyrrole nitrogens is 1. The average Bonchev–Trinajstić information content (AvgIpc) is 2.52. The predicted octanol–water partition coefficient (Wildman–Crippen LogP) is 0.244. The summed E-state index contributed by atoms with van der Waals surface area (Å²) in [5.41, 5.74) is 12.1. The predicted molar refractivity (Wildman–Crippen MR) is 49.0 cm³/mol. The van der Waals surface area contributed by atoms with Crippen molar-refractivity contribution in [2.45, 2.75) is 0 Å². The normalized spacial score (nSPS) is 10.5. The first-order valence-electron chi connectivity index (χ1n) is 3.71. The van der Waals surface area contributed by atoms with Crippen LogP contribution in [0.5, 0.6) is 0 Å². The monoisotopic (exact) mass is 176 g/mol. The number of carbonyl (C=O) groups excluding carboxylic acids is 1. The molecule has 0 saturated heterocycles. The summed E-state index contributed by atoms with van der Waals surface area (Å²) in [6.07, 6.45) is 3.08. The van der Waals surface area contributed by atoms with E-state index < -0.39 is 5.91 Å². The van der Waals surface area contributed by atoms with Gasteiger partial charge in [0.15, 0.2) is 0 Å². The molecule has 0 atom stereocenters. The number of pyridine rings is 1. The molecular formula is C8H8N4O. The molecule has 2 heterocycles. The average molecular weight is 176 g/mol. The van der Waals surface area contributed by atoms with Crippen molar-refractivity contribution < 1.29 is 4.79 Å². The molecule has 0 aromatic carbocycles. The maximum atomic E-state index is 10.9. The Morgan fingerprint density at radius 2 is 2.31 bits per heavy atom. The molecule has 0 bridgehead atoms. The Balaban J connectivity index is 2.80. The van der Waals surface area contributed by atoms with Crippen LogP contribution >= 0.6 is 0 Å². The van der Waals surface area contributed by atoms with Gasteiger partial charge in [-0.15, -0.1) is 0 Å². The zero-order chi connectivity index (χ0) is 9.42. The molecule has 0 aliphatic carbocycles. The van der Waals surface area contributed by atoms with Gasteiger partial charge in [0.1, 0.15) is 5.65 Å². The van der Waals surface area contributed by atoms with E-state index in [2.05, 4.69) is 9.97 Å². The number of aromatic amines is 1. The van der Waals surface area contributed by atoms with Gasteiger partial charge in [-0.05, 0) is 6.07 Å². The van der Waals surface area contributed by atoms with E-state index >= 15 is 0 Å². The zero-order valence-electron chi connectivity index (χ0n) is 6.74. The number of nitrogen functional groups attached to an aromatic ring is 1. The second kappa shape index (κ2) is 2.48. The molecule has 0 saturated carbocycles. The number of rotatable bonds is 1. The maximum absolute atomic E-state index is 10.9. The molecule has 2 aromatic heterocycles. The molecule has 5 N–H and O–H groups in total. The van der Waals surface area contributed by atoms with Crippen molar-refractivity contribution in [2.24, 2.45) is 5.73 Å². The number of hydrogen-bond acceptors (Lipinski definition) is 3. The molecule has 0 aliphatic heterocycles. The SMILES string of the molecule is NC(=O)c1cnc2[nH]ccc2c1N. The highest BCUT2D eigenvalue weighted by Gasteiger charge is 2.09. The summed E-state index contributed by atoms with van der Waals surface area (Å²) < 4.78 is 0. The van der Waals surface area contributed by atoms with Gasteiger partial charge in [-0.3, -0.25) is 4.79 Å². The fourth-order valence-corrected chi connectivity index (χ4v) is 1.22. The summed E-state index contributed by atoms with van der Waals surface area (Å²) in [6.45, 7) is 0. The third kappa shape index (κ3) is 1.01. The summed E-state index contributed by atoms with van der Waals surface area (Å²) in [4.78, 5) is 17.7. The number of hydrogen-bond donors (Lipinski definition) is 3. The fourth-order valence-electron chi connectivity index (χ4n) is 1.22. The number of amides is 1. The Morgan fingerprint density at radius 1 is 1.54 bits per heavy atom. The van der Waals surface area contributed by atoms with Crippen LogP contribution in [0.4, 0.5) is 5.69 Å². The molecule has 0 unspecified atom stereocenters. The first-order valence-corrected chi connectivity index (χ1v) is 3.71. The number of carbonyl (C=O) groups is 1. The van der Waals surface area contributed by atoms with Crippen molar-refractivity contribution in [3.05, 3.63) is 24.0 Å². The van der Waals surface area contributed by atoms with Crippen LogP contribution < -0.4 is 11.5 Å². The van der Waals surface area contributed by atoms with Crippen molar-refractivity contribution in [1.82, 2.24) is 9.97 Å². The summed E-state index contributed by atoms with van der Waals surface area (Å²) in [7, 11) is 0. The first kappa shape index (κ1) is 7.60. The van der Waals surface area contributed by atoms with Gasteiger partial charge in [-0.25, -0.2) is 4.98 Å². The summed E-state index contributed by atoms with van der Waals surface area (Å²) >= 11 is 0. The highest BCUT2D eigenvalue weighted by molar-refractivity contribution is 6.04. The van der Waals surface area contributed by atoms with Crippen LogP contribution in [0.2, 0.25) is 0 Å². The molecule has 5 nitrogen and oxygen atoms in total. The first-order chi connectivity index (χ1) is 6.20. The number of fused-ring (bicyclic) bond motifs is 1. The van der Waals surface area contributed by atoms with Crippen molar-refractivity contribution in [3.8, 4) is 0 Å². The minimum Gasteiger partial charge on any atom is -0.397 e. The van der Waals surface area contributed by atoms with E-state index in [0.717, 1.165) is 5.39 Å². The van der Waals surface area contributed by atoms with Crippen molar-refractivity contribution in [3.63, 3.8) is 0 Å². The highest BCUT2D eigenvalue weighted by Crippen LogP contribution is 2.21. The quantitative estimate of drug-likeness (QED) is 0.580. The minimum absolute atomic E-state index is 0.257. The Labute approximate surface area is 73.7 Å². The Morgan fingerprint density at radius 3 is 3.00 bits per heavy atom. The van der Waals surface area contributed by atoms with E-state index in [4.69, 9.17) is 11.5 Å².